The Morgan fingerprint density at radius 1 is 1.17 bits per heavy atom. The van der Waals surface area contributed by atoms with Crippen molar-refractivity contribution < 1.29 is 9.84 Å². The highest BCUT2D eigenvalue weighted by molar-refractivity contribution is 9.09. The van der Waals surface area contributed by atoms with Crippen LogP contribution in [0.2, 0.25) is 0 Å². The number of alkyl halides is 1. The fraction of sp³-hybridized carbons (Fsp3) is 0.364. The molecule has 2 N–H and O–H groups in total. The minimum Gasteiger partial charge on any atom is -0.482 e. The molecular weight excluding hydrogens is 464 g/mol. The Kier molecular flexibility index (Phi) is 5.62. The standard InChI is InChI=1S/C22H23BrN4O2S/c23-12-29-15-6-8-19-18(10-15)24-13-27(19)11-14-5-7-17-21(9-14)30-22(26-17)25-16-3-1-2-4-20(16)28/h5-10,13,16,20,28H,1-4,11-12H2,(H,25,26). The van der Waals surface area contributed by atoms with Crippen LogP contribution in [0.1, 0.15) is 31.2 Å². The van der Waals surface area contributed by atoms with Crippen LogP contribution in [-0.2, 0) is 6.54 Å². The number of benzene rings is 2. The zero-order valence-corrected chi connectivity index (χ0v) is 18.8. The number of halogens is 1. The van der Waals surface area contributed by atoms with Crippen molar-refractivity contribution in [1.82, 2.24) is 14.5 Å². The summed E-state index contributed by atoms with van der Waals surface area (Å²) in [4.78, 5) is 9.24. The van der Waals surface area contributed by atoms with Crippen molar-refractivity contribution in [2.24, 2.45) is 0 Å². The normalized spacial score (nSPS) is 19.4. The number of rotatable bonds is 6. The molecule has 0 amide bonds. The predicted molar refractivity (Wildman–Crippen MR) is 125 cm³/mol. The van der Waals surface area contributed by atoms with Gasteiger partial charge in [-0.05, 0) is 58.6 Å². The van der Waals surface area contributed by atoms with Gasteiger partial charge in [0.25, 0.3) is 0 Å². The first kappa shape index (κ1) is 19.8. The zero-order valence-electron chi connectivity index (χ0n) is 16.4. The molecule has 6 nitrogen and oxygen atoms in total. The van der Waals surface area contributed by atoms with Crippen LogP contribution in [0.4, 0.5) is 5.13 Å². The first-order valence-electron chi connectivity index (χ1n) is 10.2. The second-order valence-electron chi connectivity index (χ2n) is 7.70. The average molecular weight is 487 g/mol. The largest absolute Gasteiger partial charge is 0.482 e. The Morgan fingerprint density at radius 2 is 2.07 bits per heavy atom. The highest BCUT2D eigenvalue weighted by Gasteiger charge is 2.23. The third-order valence-corrected chi connectivity index (χ3v) is 6.84. The number of aliphatic hydroxyl groups excluding tert-OH is 1. The van der Waals surface area contributed by atoms with Crippen molar-refractivity contribution in [3.63, 3.8) is 0 Å². The fourth-order valence-corrected chi connectivity index (χ4v) is 5.34. The van der Waals surface area contributed by atoms with Crippen LogP contribution in [0.3, 0.4) is 0 Å². The molecule has 0 spiro atoms. The van der Waals surface area contributed by atoms with Crippen LogP contribution in [0.25, 0.3) is 21.3 Å². The van der Waals surface area contributed by atoms with Gasteiger partial charge in [0.1, 0.15) is 11.3 Å². The third-order valence-electron chi connectivity index (χ3n) is 5.66. The van der Waals surface area contributed by atoms with E-state index < -0.39 is 0 Å². The van der Waals surface area contributed by atoms with Crippen LogP contribution >= 0.6 is 27.3 Å². The van der Waals surface area contributed by atoms with Crippen LogP contribution in [0, 0.1) is 0 Å². The van der Waals surface area contributed by atoms with E-state index in [4.69, 9.17) is 9.72 Å². The lowest BCUT2D eigenvalue weighted by atomic mass is 9.93. The number of hydrogen-bond donors (Lipinski definition) is 2. The van der Waals surface area contributed by atoms with E-state index in [0.717, 1.165) is 64.4 Å². The topological polar surface area (TPSA) is 72.2 Å². The second-order valence-corrected chi connectivity index (χ2v) is 9.19. The van der Waals surface area contributed by atoms with Gasteiger partial charge in [-0.2, -0.15) is 0 Å². The quantitative estimate of drug-likeness (QED) is 0.369. The zero-order chi connectivity index (χ0) is 20.5. The molecule has 1 aliphatic rings. The van der Waals surface area contributed by atoms with Crippen LogP contribution in [0.5, 0.6) is 5.75 Å². The average Bonchev–Trinajstić information content (AvgIpc) is 3.33. The molecule has 0 bridgehead atoms. The Balaban J connectivity index is 1.35. The number of fused-ring (bicyclic) bond motifs is 2. The van der Waals surface area contributed by atoms with E-state index in [9.17, 15) is 5.11 Å². The summed E-state index contributed by atoms with van der Waals surface area (Å²) in [5, 5.41) is 14.6. The van der Waals surface area contributed by atoms with Crippen molar-refractivity contribution in [1.29, 1.82) is 0 Å². The smallest absolute Gasteiger partial charge is 0.184 e. The predicted octanol–water partition coefficient (Wildman–Crippen LogP) is 5.14. The number of anilines is 1. The minimum atomic E-state index is -0.281. The highest BCUT2D eigenvalue weighted by Crippen LogP contribution is 2.30. The van der Waals surface area contributed by atoms with E-state index in [2.05, 4.69) is 49.0 Å². The molecule has 1 fully saturated rings. The number of aliphatic hydroxyl groups is 1. The summed E-state index contributed by atoms with van der Waals surface area (Å²) in [6, 6.07) is 12.5. The number of ether oxygens (including phenoxy) is 1. The molecule has 0 aliphatic heterocycles. The molecule has 2 unspecified atom stereocenters. The van der Waals surface area contributed by atoms with Crippen molar-refractivity contribution >= 4 is 53.6 Å². The van der Waals surface area contributed by atoms with E-state index >= 15 is 0 Å². The van der Waals surface area contributed by atoms with Crippen molar-refractivity contribution in [3.8, 4) is 5.75 Å². The lowest BCUT2D eigenvalue weighted by Crippen LogP contribution is -2.36. The maximum absolute atomic E-state index is 10.2. The molecule has 0 saturated heterocycles. The van der Waals surface area contributed by atoms with Crippen molar-refractivity contribution in [2.75, 3.05) is 10.8 Å². The molecule has 5 rings (SSSR count). The third kappa shape index (κ3) is 4.04. The molecule has 2 heterocycles. The molecule has 156 valence electrons. The summed E-state index contributed by atoms with van der Waals surface area (Å²) in [5.74, 6) is 0.804. The van der Waals surface area contributed by atoms with E-state index in [1.165, 1.54) is 5.56 Å². The molecule has 30 heavy (non-hydrogen) atoms. The number of nitrogens with zero attached hydrogens (tertiary/aromatic N) is 3. The molecule has 0 radical (unpaired) electrons. The van der Waals surface area contributed by atoms with Crippen molar-refractivity contribution in [3.05, 3.63) is 48.3 Å². The van der Waals surface area contributed by atoms with E-state index in [0.29, 0.717) is 5.52 Å². The van der Waals surface area contributed by atoms with Gasteiger partial charge in [0, 0.05) is 12.6 Å². The molecule has 2 aromatic heterocycles. The van der Waals surface area contributed by atoms with Gasteiger partial charge in [-0.25, -0.2) is 9.97 Å². The summed E-state index contributed by atoms with van der Waals surface area (Å²) < 4.78 is 8.79. The molecule has 1 aliphatic carbocycles. The van der Waals surface area contributed by atoms with Gasteiger partial charge in [-0.15, -0.1) is 0 Å². The van der Waals surface area contributed by atoms with E-state index in [-0.39, 0.29) is 12.1 Å². The molecule has 2 aromatic carbocycles. The molecule has 4 aromatic rings. The number of imidazole rings is 1. The summed E-state index contributed by atoms with van der Waals surface area (Å²) in [5.41, 5.74) is 4.66. The summed E-state index contributed by atoms with van der Waals surface area (Å²) in [6.07, 6.45) is 5.73. The highest BCUT2D eigenvalue weighted by atomic mass is 79.9. The SMILES string of the molecule is OC1CCCCC1Nc1nc2ccc(Cn3cnc4cc(OCBr)ccc43)cc2s1. The maximum Gasteiger partial charge on any atom is 0.184 e. The van der Waals surface area contributed by atoms with Gasteiger partial charge < -0.3 is 19.7 Å². The first-order valence-corrected chi connectivity index (χ1v) is 12.1. The molecule has 1 saturated carbocycles. The van der Waals surface area contributed by atoms with Gasteiger partial charge in [-0.3, -0.25) is 0 Å². The lowest BCUT2D eigenvalue weighted by molar-refractivity contribution is 0.116. The number of aromatic nitrogens is 3. The molecule has 8 heteroatoms. The van der Waals surface area contributed by atoms with Gasteiger partial charge in [-0.1, -0.05) is 30.2 Å². The van der Waals surface area contributed by atoms with Crippen LogP contribution < -0.4 is 10.1 Å². The number of thiazole rings is 1. The van der Waals surface area contributed by atoms with Crippen LogP contribution in [0.15, 0.2) is 42.7 Å². The van der Waals surface area contributed by atoms with Crippen molar-refractivity contribution in [2.45, 2.75) is 44.4 Å². The minimum absolute atomic E-state index is 0.106. The second kappa shape index (κ2) is 8.53. The number of hydrogen-bond acceptors (Lipinski definition) is 6. The van der Waals surface area contributed by atoms with Gasteiger partial charge in [0.05, 0.1) is 39.7 Å². The summed E-state index contributed by atoms with van der Waals surface area (Å²) in [6.45, 7) is 0.743. The van der Waals surface area contributed by atoms with E-state index in [1.54, 1.807) is 11.3 Å². The number of nitrogens with one attached hydrogen (secondary N) is 1. The lowest BCUT2D eigenvalue weighted by Gasteiger charge is -2.27. The van der Waals surface area contributed by atoms with Crippen LogP contribution in [-0.4, -0.2) is 37.3 Å². The first-order chi connectivity index (χ1) is 14.7. The van der Waals surface area contributed by atoms with Gasteiger partial charge >= 0.3 is 0 Å². The summed E-state index contributed by atoms with van der Waals surface area (Å²) in [7, 11) is 0. The Hall–Kier alpha value is -2.16. The maximum atomic E-state index is 10.2. The summed E-state index contributed by atoms with van der Waals surface area (Å²) >= 11 is 4.93. The monoisotopic (exact) mass is 486 g/mol. The van der Waals surface area contributed by atoms with Gasteiger partial charge in [0.2, 0.25) is 0 Å². The Bertz CT molecular complexity index is 1170. The van der Waals surface area contributed by atoms with E-state index in [1.807, 2.05) is 24.5 Å². The Morgan fingerprint density at radius 3 is 2.93 bits per heavy atom. The fourth-order valence-electron chi connectivity index (χ4n) is 4.09. The van der Waals surface area contributed by atoms with Gasteiger partial charge in [0.15, 0.2) is 5.13 Å². The molecule has 2 atom stereocenters. The molecular formula is C22H23BrN4O2S. The Labute approximate surface area is 187 Å².